The van der Waals surface area contributed by atoms with Crippen LogP contribution >= 0.6 is 0 Å². The third-order valence-electron chi connectivity index (χ3n) is 13.9. The Bertz CT molecular complexity index is 913. The molecule has 0 aromatic carbocycles. The van der Waals surface area contributed by atoms with E-state index in [1.807, 2.05) is 0 Å². The molecule has 0 rings (SSSR count). The lowest BCUT2D eigenvalue weighted by Crippen LogP contribution is -2.45. The maximum atomic E-state index is 12.5. The van der Waals surface area contributed by atoms with Gasteiger partial charge in [-0.25, -0.2) is 0 Å². The highest BCUT2D eigenvalue weighted by Gasteiger charge is 2.20. The molecule has 2 unspecified atom stereocenters. The van der Waals surface area contributed by atoms with Gasteiger partial charge < -0.3 is 20.3 Å². The van der Waals surface area contributed by atoms with Crippen LogP contribution in [0, 0.1) is 0 Å². The van der Waals surface area contributed by atoms with Crippen LogP contribution in [-0.2, 0) is 14.3 Å². The van der Waals surface area contributed by atoms with Crippen LogP contribution in [0.3, 0.4) is 0 Å². The van der Waals surface area contributed by atoms with Gasteiger partial charge in [0.25, 0.3) is 0 Å². The Balaban J connectivity index is 3.40. The average molecular weight is 907 g/mol. The van der Waals surface area contributed by atoms with E-state index in [4.69, 9.17) is 4.74 Å². The quantitative estimate of drug-likeness (QED) is 0.0417. The van der Waals surface area contributed by atoms with E-state index in [1.54, 1.807) is 0 Å². The molecule has 0 aliphatic carbocycles. The maximum absolute atomic E-state index is 12.5. The fraction of sp³-hybridized carbons (Fsp3) is 0.966. The molecule has 0 heterocycles. The normalized spacial score (nSPS) is 12.5. The van der Waals surface area contributed by atoms with Crippen LogP contribution in [0.15, 0.2) is 0 Å². The van der Waals surface area contributed by atoms with Gasteiger partial charge >= 0.3 is 5.97 Å². The second-order valence-corrected chi connectivity index (χ2v) is 20.3. The van der Waals surface area contributed by atoms with Crippen molar-refractivity contribution in [1.29, 1.82) is 0 Å². The molecular weight excluding hydrogens is 791 g/mol. The largest absolute Gasteiger partial charge is 0.466 e. The number of rotatable bonds is 55. The van der Waals surface area contributed by atoms with E-state index in [1.165, 1.54) is 263 Å². The summed E-state index contributed by atoms with van der Waals surface area (Å²) in [5, 5.41) is 23.3. The van der Waals surface area contributed by atoms with Crippen LogP contribution in [-0.4, -0.2) is 47.4 Å². The van der Waals surface area contributed by atoms with E-state index in [0.717, 1.165) is 38.5 Å². The molecule has 3 N–H and O–H groups in total. The van der Waals surface area contributed by atoms with Gasteiger partial charge in [0, 0.05) is 12.8 Å². The monoisotopic (exact) mass is 906 g/mol. The molecule has 0 aromatic heterocycles. The van der Waals surface area contributed by atoms with Crippen molar-refractivity contribution in [2.75, 3.05) is 13.2 Å². The first-order valence-electron chi connectivity index (χ1n) is 29.3. The SMILES string of the molecule is CCCCCCCCCCCCCCCCCCCC(O)C(CO)NC(=O)CCCCCCCCCCCCCCCCCCCCOC(=O)CCCCCCCCCCCCCC. The Morgan fingerprint density at radius 3 is 0.953 bits per heavy atom. The van der Waals surface area contributed by atoms with Crippen molar-refractivity contribution in [2.24, 2.45) is 0 Å². The van der Waals surface area contributed by atoms with E-state index >= 15 is 0 Å². The van der Waals surface area contributed by atoms with E-state index < -0.39 is 12.1 Å². The molecule has 382 valence electrons. The maximum Gasteiger partial charge on any atom is 0.305 e. The van der Waals surface area contributed by atoms with Gasteiger partial charge in [-0.1, -0.05) is 296 Å². The highest BCUT2D eigenvalue weighted by atomic mass is 16.5. The fourth-order valence-corrected chi connectivity index (χ4v) is 9.41. The van der Waals surface area contributed by atoms with Crippen molar-refractivity contribution in [2.45, 2.75) is 347 Å². The Morgan fingerprint density at radius 2 is 0.641 bits per heavy atom. The number of ether oxygens (including phenoxy) is 1. The molecule has 0 saturated carbocycles. The number of aliphatic hydroxyl groups is 2. The van der Waals surface area contributed by atoms with Crippen LogP contribution in [0.5, 0.6) is 0 Å². The fourth-order valence-electron chi connectivity index (χ4n) is 9.41. The molecule has 1 amide bonds. The van der Waals surface area contributed by atoms with E-state index in [-0.39, 0.29) is 18.5 Å². The Hall–Kier alpha value is -1.14. The molecule has 0 aliphatic rings. The summed E-state index contributed by atoms with van der Waals surface area (Å²) in [6, 6.07) is -0.543. The predicted molar refractivity (Wildman–Crippen MR) is 278 cm³/mol. The Morgan fingerprint density at radius 1 is 0.375 bits per heavy atom. The van der Waals surface area contributed by atoms with Crippen molar-refractivity contribution in [3.63, 3.8) is 0 Å². The van der Waals surface area contributed by atoms with Crippen LogP contribution in [0.2, 0.25) is 0 Å². The lowest BCUT2D eigenvalue weighted by molar-refractivity contribution is -0.143. The summed E-state index contributed by atoms with van der Waals surface area (Å²) in [5.74, 6) is -0.0266. The lowest BCUT2D eigenvalue weighted by atomic mass is 10.0. The number of esters is 1. The van der Waals surface area contributed by atoms with E-state index in [9.17, 15) is 19.8 Å². The average Bonchev–Trinajstić information content (AvgIpc) is 3.29. The summed E-state index contributed by atoms with van der Waals surface area (Å²) in [4.78, 5) is 24.5. The first kappa shape index (κ1) is 62.9. The molecule has 0 aliphatic heterocycles. The first-order valence-corrected chi connectivity index (χ1v) is 29.3. The number of nitrogens with one attached hydrogen (secondary N) is 1. The van der Waals surface area contributed by atoms with Gasteiger partial charge in [-0.15, -0.1) is 0 Å². The van der Waals surface area contributed by atoms with Crippen LogP contribution in [0.25, 0.3) is 0 Å². The molecule has 0 saturated heterocycles. The van der Waals surface area contributed by atoms with Gasteiger partial charge in [0.05, 0.1) is 25.4 Å². The molecule has 2 atom stereocenters. The summed E-state index contributed by atoms with van der Waals surface area (Å²) < 4.78 is 5.47. The number of hydrogen-bond acceptors (Lipinski definition) is 5. The molecule has 0 bridgehead atoms. The van der Waals surface area contributed by atoms with Crippen LogP contribution < -0.4 is 5.32 Å². The number of carbonyl (C=O) groups is 2. The molecule has 0 aromatic rings. The minimum Gasteiger partial charge on any atom is -0.466 e. The van der Waals surface area contributed by atoms with Crippen molar-refractivity contribution < 1.29 is 24.5 Å². The van der Waals surface area contributed by atoms with Crippen molar-refractivity contribution in [3.8, 4) is 0 Å². The molecular formula is C58H115NO5. The molecule has 64 heavy (non-hydrogen) atoms. The van der Waals surface area contributed by atoms with Crippen LogP contribution in [0.4, 0.5) is 0 Å². The highest BCUT2D eigenvalue weighted by molar-refractivity contribution is 5.76. The summed E-state index contributed by atoms with van der Waals surface area (Å²) in [6.07, 6.45) is 62.3. The summed E-state index contributed by atoms with van der Waals surface area (Å²) in [5.41, 5.74) is 0. The number of amides is 1. The Labute approximate surface area is 400 Å². The third kappa shape index (κ3) is 50.3. The van der Waals surface area contributed by atoms with Crippen molar-refractivity contribution in [3.05, 3.63) is 0 Å². The second-order valence-electron chi connectivity index (χ2n) is 20.3. The van der Waals surface area contributed by atoms with Gasteiger partial charge in [-0.3, -0.25) is 9.59 Å². The van der Waals surface area contributed by atoms with Crippen molar-refractivity contribution >= 4 is 11.9 Å². The molecule has 0 radical (unpaired) electrons. The second kappa shape index (κ2) is 54.5. The summed E-state index contributed by atoms with van der Waals surface area (Å²) in [6.45, 7) is 4.97. The number of hydrogen-bond donors (Lipinski definition) is 3. The van der Waals surface area contributed by atoms with Gasteiger partial charge in [-0.2, -0.15) is 0 Å². The Kier molecular flexibility index (Phi) is 53.5. The highest BCUT2D eigenvalue weighted by Crippen LogP contribution is 2.18. The summed E-state index contributed by atoms with van der Waals surface area (Å²) >= 11 is 0. The zero-order chi connectivity index (χ0) is 46.5. The first-order chi connectivity index (χ1) is 31.5. The zero-order valence-corrected chi connectivity index (χ0v) is 43.5. The molecule has 0 fully saturated rings. The van der Waals surface area contributed by atoms with Gasteiger partial charge in [0.15, 0.2) is 0 Å². The third-order valence-corrected chi connectivity index (χ3v) is 13.9. The molecule has 0 spiro atoms. The van der Waals surface area contributed by atoms with Crippen molar-refractivity contribution in [1.82, 2.24) is 5.32 Å². The molecule has 6 heteroatoms. The molecule has 6 nitrogen and oxygen atoms in total. The summed E-state index contributed by atoms with van der Waals surface area (Å²) in [7, 11) is 0. The number of carbonyl (C=O) groups excluding carboxylic acids is 2. The number of aliphatic hydroxyl groups excluding tert-OH is 2. The van der Waals surface area contributed by atoms with Gasteiger partial charge in [0.1, 0.15) is 0 Å². The topological polar surface area (TPSA) is 95.9 Å². The standard InChI is InChI=1S/C58H115NO5/c1-3-5-7-9-11-13-15-17-18-21-24-27-30-34-38-42-46-50-56(61)55(54-60)59-57(62)51-47-43-39-35-31-28-25-22-19-20-23-26-29-33-37-41-45-49-53-64-58(63)52-48-44-40-36-32-16-14-12-10-8-6-4-2/h55-56,60-61H,3-54H2,1-2H3,(H,59,62). The van der Waals surface area contributed by atoms with E-state index in [2.05, 4.69) is 19.2 Å². The minimum absolute atomic E-state index is 0.00899. The van der Waals surface area contributed by atoms with Gasteiger partial charge in [-0.05, 0) is 25.7 Å². The predicted octanol–water partition coefficient (Wildman–Crippen LogP) is 17.9. The van der Waals surface area contributed by atoms with Crippen LogP contribution in [0.1, 0.15) is 335 Å². The number of unbranched alkanes of at least 4 members (excludes halogenated alkanes) is 44. The lowest BCUT2D eigenvalue weighted by Gasteiger charge is -2.22. The smallest absolute Gasteiger partial charge is 0.305 e. The minimum atomic E-state index is -0.666. The van der Waals surface area contributed by atoms with E-state index in [0.29, 0.717) is 25.9 Å². The van der Waals surface area contributed by atoms with Gasteiger partial charge in [0.2, 0.25) is 5.91 Å². The zero-order valence-electron chi connectivity index (χ0n) is 43.5.